The molecule has 0 radical (unpaired) electrons. The van der Waals surface area contributed by atoms with E-state index in [1.165, 1.54) is 6.39 Å². The zero-order chi connectivity index (χ0) is 12.1. The maximum atomic E-state index is 9.92. The molecule has 6 heteroatoms. The molecule has 90 valence electrons. The Bertz CT molecular complexity index is 461. The van der Waals surface area contributed by atoms with Crippen molar-refractivity contribution in [1.29, 1.82) is 0 Å². The van der Waals surface area contributed by atoms with E-state index in [2.05, 4.69) is 20.0 Å². The van der Waals surface area contributed by atoms with Crippen LogP contribution in [0.1, 0.15) is 17.5 Å². The minimum Gasteiger partial charge on any atom is -0.387 e. The molecule has 0 fully saturated rings. The first-order chi connectivity index (χ1) is 8.27. The summed E-state index contributed by atoms with van der Waals surface area (Å²) in [5, 5.41) is 17.1. The van der Waals surface area contributed by atoms with Crippen LogP contribution in [-0.2, 0) is 6.54 Å². The Balaban J connectivity index is 1.85. The quantitative estimate of drug-likeness (QED) is 0.846. The number of nitrogens with one attached hydrogen (secondary N) is 1. The van der Waals surface area contributed by atoms with Crippen LogP contribution >= 0.6 is 11.6 Å². The standard InChI is InChI=1S/C11H12ClN3O2/c12-9-4-2-1-3-8(9)10(16)5-13-6-11-14-7-17-15-11/h1-4,7,10,13,16H,5-6H2. The average Bonchev–Trinajstić information content (AvgIpc) is 2.82. The summed E-state index contributed by atoms with van der Waals surface area (Å²) < 4.78 is 4.59. The fourth-order valence-electron chi connectivity index (χ4n) is 1.45. The number of aromatic nitrogens is 2. The second-order valence-electron chi connectivity index (χ2n) is 3.52. The molecule has 5 nitrogen and oxygen atoms in total. The van der Waals surface area contributed by atoms with Crippen molar-refractivity contribution in [3.05, 3.63) is 47.1 Å². The van der Waals surface area contributed by atoms with E-state index in [0.29, 0.717) is 29.5 Å². The molecule has 2 aromatic rings. The first-order valence-corrected chi connectivity index (χ1v) is 5.53. The molecule has 0 aliphatic heterocycles. The van der Waals surface area contributed by atoms with Crippen LogP contribution in [0.4, 0.5) is 0 Å². The third-order valence-corrected chi connectivity index (χ3v) is 2.64. The van der Waals surface area contributed by atoms with E-state index in [-0.39, 0.29) is 0 Å². The topological polar surface area (TPSA) is 71.2 Å². The van der Waals surface area contributed by atoms with E-state index >= 15 is 0 Å². The Morgan fingerprint density at radius 3 is 2.94 bits per heavy atom. The third-order valence-electron chi connectivity index (χ3n) is 2.29. The zero-order valence-electron chi connectivity index (χ0n) is 9.01. The highest BCUT2D eigenvalue weighted by molar-refractivity contribution is 6.31. The lowest BCUT2D eigenvalue weighted by Crippen LogP contribution is -2.21. The molecular weight excluding hydrogens is 242 g/mol. The first kappa shape index (κ1) is 12.0. The molecule has 0 saturated heterocycles. The predicted molar refractivity (Wildman–Crippen MR) is 62.4 cm³/mol. The lowest BCUT2D eigenvalue weighted by atomic mass is 10.1. The van der Waals surface area contributed by atoms with Gasteiger partial charge >= 0.3 is 0 Å². The van der Waals surface area contributed by atoms with Crippen LogP contribution in [-0.4, -0.2) is 21.8 Å². The highest BCUT2D eigenvalue weighted by Gasteiger charge is 2.10. The van der Waals surface area contributed by atoms with Gasteiger partial charge in [-0.2, -0.15) is 4.98 Å². The predicted octanol–water partition coefficient (Wildman–Crippen LogP) is 1.55. The van der Waals surface area contributed by atoms with Gasteiger partial charge in [-0.05, 0) is 6.07 Å². The van der Waals surface area contributed by atoms with Crippen molar-refractivity contribution in [3.63, 3.8) is 0 Å². The highest BCUT2D eigenvalue weighted by Crippen LogP contribution is 2.21. The van der Waals surface area contributed by atoms with Crippen molar-refractivity contribution in [2.24, 2.45) is 0 Å². The molecule has 2 N–H and O–H groups in total. The van der Waals surface area contributed by atoms with Crippen molar-refractivity contribution in [2.75, 3.05) is 6.54 Å². The first-order valence-electron chi connectivity index (χ1n) is 5.16. The van der Waals surface area contributed by atoms with Gasteiger partial charge in [-0.1, -0.05) is 35.0 Å². The zero-order valence-corrected chi connectivity index (χ0v) is 9.76. The third kappa shape index (κ3) is 3.26. The normalized spacial score (nSPS) is 12.6. The van der Waals surface area contributed by atoms with Gasteiger partial charge in [0.05, 0.1) is 12.6 Å². The van der Waals surface area contributed by atoms with Gasteiger partial charge in [-0.3, -0.25) is 0 Å². The number of rotatable bonds is 5. The Labute approximate surface area is 103 Å². The maximum absolute atomic E-state index is 9.92. The molecule has 1 atom stereocenters. The SMILES string of the molecule is OC(CNCc1ncon1)c1ccccc1Cl. The molecular formula is C11H12ClN3O2. The van der Waals surface area contributed by atoms with E-state index in [1.54, 1.807) is 12.1 Å². The van der Waals surface area contributed by atoms with Crippen molar-refractivity contribution < 1.29 is 9.63 Å². The van der Waals surface area contributed by atoms with Crippen LogP contribution in [0.3, 0.4) is 0 Å². The summed E-state index contributed by atoms with van der Waals surface area (Å²) in [6.45, 7) is 0.816. The second kappa shape index (κ2) is 5.77. The van der Waals surface area contributed by atoms with E-state index in [9.17, 15) is 5.11 Å². The molecule has 17 heavy (non-hydrogen) atoms. The van der Waals surface area contributed by atoms with E-state index in [4.69, 9.17) is 11.6 Å². The summed E-state index contributed by atoms with van der Waals surface area (Å²) in [7, 11) is 0. The Hall–Kier alpha value is -1.43. The van der Waals surface area contributed by atoms with Crippen LogP contribution in [0.5, 0.6) is 0 Å². The van der Waals surface area contributed by atoms with Crippen molar-refractivity contribution in [1.82, 2.24) is 15.5 Å². The number of hydrogen-bond acceptors (Lipinski definition) is 5. The number of nitrogens with zero attached hydrogens (tertiary/aromatic N) is 2. The smallest absolute Gasteiger partial charge is 0.213 e. The maximum Gasteiger partial charge on any atom is 0.213 e. The fourth-order valence-corrected chi connectivity index (χ4v) is 1.71. The number of aliphatic hydroxyl groups excluding tert-OH is 1. The minimum absolute atomic E-state index is 0.373. The van der Waals surface area contributed by atoms with Crippen LogP contribution < -0.4 is 5.32 Å². The molecule has 0 aliphatic carbocycles. The van der Waals surface area contributed by atoms with Gasteiger partial charge in [0.1, 0.15) is 0 Å². The summed E-state index contributed by atoms with van der Waals surface area (Å²) in [6, 6.07) is 7.21. The molecule has 1 heterocycles. The molecule has 0 aliphatic rings. The summed E-state index contributed by atoms with van der Waals surface area (Å²) >= 11 is 5.97. The molecule has 0 spiro atoms. The van der Waals surface area contributed by atoms with Gasteiger partial charge in [0.2, 0.25) is 6.39 Å². The lowest BCUT2D eigenvalue weighted by molar-refractivity contribution is 0.174. The second-order valence-corrected chi connectivity index (χ2v) is 3.92. The van der Waals surface area contributed by atoms with Crippen molar-refractivity contribution in [2.45, 2.75) is 12.6 Å². The average molecular weight is 254 g/mol. The Kier molecular flexibility index (Phi) is 4.08. The van der Waals surface area contributed by atoms with Crippen LogP contribution in [0.2, 0.25) is 5.02 Å². The van der Waals surface area contributed by atoms with Crippen LogP contribution in [0.25, 0.3) is 0 Å². The molecule has 0 amide bonds. The van der Waals surface area contributed by atoms with E-state index < -0.39 is 6.10 Å². The van der Waals surface area contributed by atoms with Gasteiger partial charge in [0, 0.05) is 17.1 Å². The van der Waals surface area contributed by atoms with E-state index in [1.807, 2.05) is 12.1 Å². The Morgan fingerprint density at radius 2 is 2.24 bits per heavy atom. The number of hydrogen-bond donors (Lipinski definition) is 2. The van der Waals surface area contributed by atoms with Gasteiger partial charge < -0.3 is 14.9 Å². The molecule has 1 aromatic heterocycles. The van der Waals surface area contributed by atoms with Gasteiger partial charge in [0.25, 0.3) is 0 Å². The van der Waals surface area contributed by atoms with E-state index in [0.717, 1.165) is 0 Å². The number of benzene rings is 1. The minimum atomic E-state index is -0.657. The fraction of sp³-hybridized carbons (Fsp3) is 0.273. The molecule has 0 saturated carbocycles. The monoisotopic (exact) mass is 253 g/mol. The summed E-state index contributed by atoms with van der Waals surface area (Å²) in [5.41, 5.74) is 0.703. The van der Waals surface area contributed by atoms with Gasteiger partial charge in [-0.25, -0.2) is 0 Å². The largest absolute Gasteiger partial charge is 0.387 e. The lowest BCUT2D eigenvalue weighted by Gasteiger charge is -2.12. The summed E-state index contributed by atoms with van der Waals surface area (Å²) in [6.07, 6.45) is 0.609. The van der Waals surface area contributed by atoms with Crippen molar-refractivity contribution in [3.8, 4) is 0 Å². The van der Waals surface area contributed by atoms with Crippen LogP contribution in [0, 0.1) is 0 Å². The van der Waals surface area contributed by atoms with Crippen LogP contribution in [0.15, 0.2) is 35.2 Å². The summed E-state index contributed by atoms with van der Waals surface area (Å²) in [4.78, 5) is 3.86. The Morgan fingerprint density at radius 1 is 1.41 bits per heavy atom. The summed E-state index contributed by atoms with van der Waals surface area (Å²) in [5.74, 6) is 0.552. The number of halogens is 1. The molecule has 1 aromatic carbocycles. The number of aliphatic hydroxyl groups is 1. The van der Waals surface area contributed by atoms with Gasteiger partial charge in [0.15, 0.2) is 5.82 Å². The molecule has 0 bridgehead atoms. The van der Waals surface area contributed by atoms with Gasteiger partial charge in [-0.15, -0.1) is 0 Å². The molecule has 1 unspecified atom stereocenters. The van der Waals surface area contributed by atoms with Crippen molar-refractivity contribution >= 4 is 11.6 Å². The highest BCUT2D eigenvalue weighted by atomic mass is 35.5. The molecule has 2 rings (SSSR count).